The summed E-state index contributed by atoms with van der Waals surface area (Å²) in [5.74, 6) is 2.68. The third kappa shape index (κ3) is 6.51. The summed E-state index contributed by atoms with van der Waals surface area (Å²) in [5.41, 5.74) is 1.12. The average molecular weight is 418 g/mol. The number of hydrogen-bond acceptors (Lipinski definition) is 3. The molecule has 0 aromatic heterocycles. The molecule has 0 aliphatic carbocycles. The Morgan fingerprint density at radius 1 is 1.38 bits per heavy atom. The molecular formula is C15H18Br2N2O2. The average Bonchev–Trinajstić information content (AvgIpc) is 2.41. The van der Waals surface area contributed by atoms with Gasteiger partial charge in [0.15, 0.2) is 6.61 Å². The van der Waals surface area contributed by atoms with Crippen molar-refractivity contribution >= 4 is 37.8 Å². The Balaban J connectivity index is 2.67. The van der Waals surface area contributed by atoms with Crippen LogP contribution in [0.3, 0.4) is 0 Å². The fourth-order valence-electron chi connectivity index (χ4n) is 1.51. The first-order valence-corrected chi connectivity index (χ1v) is 8.07. The van der Waals surface area contributed by atoms with Gasteiger partial charge in [-0.3, -0.25) is 4.79 Å². The van der Waals surface area contributed by atoms with Gasteiger partial charge in [0.25, 0.3) is 5.91 Å². The fourth-order valence-corrected chi connectivity index (χ4v) is 3.02. The molecule has 4 nitrogen and oxygen atoms in total. The smallest absolute Gasteiger partial charge is 0.258 e. The third-order valence-corrected chi connectivity index (χ3v) is 3.69. The molecule has 0 bridgehead atoms. The van der Waals surface area contributed by atoms with Crippen molar-refractivity contribution in [2.45, 2.75) is 26.4 Å². The number of halogens is 2. The summed E-state index contributed by atoms with van der Waals surface area (Å²) < 4.78 is 7.10. The Bertz CT molecular complexity index is 516. The highest BCUT2D eigenvalue weighted by Gasteiger charge is 2.11. The molecule has 6 heteroatoms. The molecule has 0 heterocycles. The summed E-state index contributed by atoms with van der Waals surface area (Å²) in [6.45, 7) is 5.07. The molecule has 1 aromatic carbocycles. The van der Waals surface area contributed by atoms with Gasteiger partial charge in [-0.25, -0.2) is 0 Å². The van der Waals surface area contributed by atoms with Crippen molar-refractivity contribution in [1.29, 1.82) is 0 Å². The molecule has 2 N–H and O–H groups in total. The van der Waals surface area contributed by atoms with Crippen LogP contribution in [-0.2, 0) is 11.3 Å². The Morgan fingerprint density at radius 3 is 2.52 bits per heavy atom. The van der Waals surface area contributed by atoms with E-state index in [4.69, 9.17) is 11.2 Å². The lowest BCUT2D eigenvalue weighted by Crippen LogP contribution is -2.29. The molecule has 1 rings (SSSR count). The Kier molecular flexibility index (Phi) is 7.79. The van der Waals surface area contributed by atoms with Crippen LogP contribution in [-0.4, -0.2) is 25.1 Å². The van der Waals surface area contributed by atoms with E-state index in [1.807, 2.05) is 12.1 Å². The predicted molar refractivity (Wildman–Crippen MR) is 91.2 cm³/mol. The largest absolute Gasteiger partial charge is 0.481 e. The van der Waals surface area contributed by atoms with Crippen molar-refractivity contribution in [2.75, 3.05) is 13.2 Å². The second kappa shape index (κ2) is 9.08. The SMILES string of the molecule is C#CCNC(=O)COc1c(Br)cc(CNC(C)C)cc1Br. The number of nitrogens with one attached hydrogen (secondary N) is 2. The number of amides is 1. The normalized spacial score (nSPS) is 10.3. The standard InChI is InChI=1S/C15H18Br2N2O2/c1-4-5-18-14(20)9-21-15-12(16)6-11(7-13(15)17)8-19-10(2)3/h1,6-7,10,19H,5,8-9H2,2-3H3,(H,18,20). The van der Waals surface area contributed by atoms with E-state index in [1.54, 1.807) is 0 Å². The summed E-state index contributed by atoms with van der Waals surface area (Å²) in [5, 5.41) is 5.89. The number of benzene rings is 1. The van der Waals surface area contributed by atoms with Crippen LogP contribution in [0.4, 0.5) is 0 Å². The zero-order valence-electron chi connectivity index (χ0n) is 12.0. The molecule has 0 atom stereocenters. The number of hydrogen-bond donors (Lipinski definition) is 2. The molecule has 0 spiro atoms. The van der Waals surface area contributed by atoms with Crippen molar-refractivity contribution in [3.63, 3.8) is 0 Å². The van der Waals surface area contributed by atoms with Crippen LogP contribution in [0.2, 0.25) is 0 Å². The van der Waals surface area contributed by atoms with E-state index in [2.05, 4.69) is 62.3 Å². The van der Waals surface area contributed by atoms with Gasteiger partial charge >= 0.3 is 0 Å². The van der Waals surface area contributed by atoms with E-state index >= 15 is 0 Å². The molecule has 1 amide bonds. The van der Waals surface area contributed by atoms with E-state index < -0.39 is 0 Å². The highest BCUT2D eigenvalue weighted by atomic mass is 79.9. The first kappa shape index (κ1) is 18.0. The second-order valence-electron chi connectivity index (χ2n) is 4.69. The topological polar surface area (TPSA) is 50.4 Å². The van der Waals surface area contributed by atoms with Crippen LogP contribution in [0.1, 0.15) is 19.4 Å². The molecule has 1 aromatic rings. The van der Waals surface area contributed by atoms with Crippen molar-refractivity contribution in [2.24, 2.45) is 0 Å². The second-order valence-corrected chi connectivity index (χ2v) is 6.40. The predicted octanol–water partition coefficient (Wildman–Crippen LogP) is 2.84. The maximum absolute atomic E-state index is 11.5. The highest BCUT2D eigenvalue weighted by Crippen LogP contribution is 2.34. The quantitative estimate of drug-likeness (QED) is 0.670. The Morgan fingerprint density at radius 2 is 2.00 bits per heavy atom. The van der Waals surface area contributed by atoms with E-state index in [0.717, 1.165) is 21.1 Å². The summed E-state index contributed by atoms with van der Waals surface area (Å²) >= 11 is 6.92. The molecule has 0 saturated heterocycles. The zero-order valence-corrected chi connectivity index (χ0v) is 15.2. The van der Waals surface area contributed by atoms with Gasteiger partial charge in [0.2, 0.25) is 0 Å². The van der Waals surface area contributed by atoms with Gasteiger partial charge in [-0.15, -0.1) is 6.42 Å². The lowest BCUT2D eigenvalue weighted by molar-refractivity contribution is -0.122. The maximum atomic E-state index is 11.5. The molecule has 0 aliphatic rings. The molecule has 0 radical (unpaired) electrons. The fraction of sp³-hybridized carbons (Fsp3) is 0.400. The van der Waals surface area contributed by atoms with Crippen LogP contribution in [0.5, 0.6) is 5.75 Å². The molecule has 0 aliphatic heterocycles. The first-order valence-electron chi connectivity index (χ1n) is 6.48. The summed E-state index contributed by atoms with van der Waals surface area (Å²) in [6, 6.07) is 4.35. The molecule has 21 heavy (non-hydrogen) atoms. The number of ether oxygens (including phenoxy) is 1. The summed E-state index contributed by atoms with van der Waals surface area (Å²) in [4.78, 5) is 11.5. The van der Waals surface area contributed by atoms with Crippen LogP contribution in [0.25, 0.3) is 0 Å². The van der Waals surface area contributed by atoms with Gasteiger partial charge in [-0.2, -0.15) is 0 Å². The van der Waals surface area contributed by atoms with Crippen molar-refractivity contribution in [3.05, 3.63) is 26.6 Å². The molecular weight excluding hydrogens is 400 g/mol. The van der Waals surface area contributed by atoms with Gasteiger partial charge in [0, 0.05) is 12.6 Å². The highest BCUT2D eigenvalue weighted by molar-refractivity contribution is 9.11. The molecule has 0 fully saturated rings. The minimum atomic E-state index is -0.252. The van der Waals surface area contributed by atoms with Gasteiger partial charge in [-0.05, 0) is 49.6 Å². The lowest BCUT2D eigenvalue weighted by Gasteiger charge is -2.13. The van der Waals surface area contributed by atoms with Crippen LogP contribution >= 0.6 is 31.9 Å². The summed E-state index contributed by atoms with van der Waals surface area (Å²) in [6.07, 6.45) is 5.07. The monoisotopic (exact) mass is 416 g/mol. The van der Waals surface area contributed by atoms with Crippen molar-refractivity contribution in [3.8, 4) is 18.1 Å². The minimum Gasteiger partial charge on any atom is -0.481 e. The molecule has 0 unspecified atom stereocenters. The van der Waals surface area contributed by atoms with E-state index in [-0.39, 0.29) is 19.1 Å². The number of terminal acetylenes is 1. The van der Waals surface area contributed by atoms with E-state index in [9.17, 15) is 4.79 Å². The lowest BCUT2D eigenvalue weighted by atomic mass is 10.2. The number of rotatable bonds is 7. The van der Waals surface area contributed by atoms with Gasteiger partial charge < -0.3 is 15.4 Å². The zero-order chi connectivity index (χ0) is 15.8. The molecule has 0 saturated carbocycles. The maximum Gasteiger partial charge on any atom is 0.258 e. The first-order chi connectivity index (χ1) is 9.93. The van der Waals surface area contributed by atoms with Crippen LogP contribution in [0.15, 0.2) is 21.1 Å². The molecule has 114 valence electrons. The van der Waals surface area contributed by atoms with E-state index in [0.29, 0.717) is 11.8 Å². The Hall–Kier alpha value is -1.03. The van der Waals surface area contributed by atoms with Gasteiger partial charge in [0.05, 0.1) is 15.5 Å². The van der Waals surface area contributed by atoms with E-state index in [1.165, 1.54) is 0 Å². The van der Waals surface area contributed by atoms with Gasteiger partial charge in [-0.1, -0.05) is 19.8 Å². The number of carbonyl (C=O) groups is 1. The van der Waals surface area contributed by atoms with Crippen molar-refractivity contribution in [1.82, 2.24) is 10.6 Å². The minimum absolute atomic E-state index is 0.0809. The van der Waals surface area contributed by atoms with Crippen LogP contribution in [0, 0.1) is 12.3 Å². The van der Waals surface area contributed by atoms with Gasteiger partial charge in [0.1, 0.15) is 5.75 Å². The van der Waals surface area contributed by atoms with Crippen molar-refractivity contribution < 1.29 is 9.53 Å². The number of carbonyl (C=O) groups excluding carboxylic acids is 1. The summed E-state index contributed by atoms with van der Waals surface area (Å²) in [7, 11) is 0. The Labute approximate surface area is 142 Å². The van der Waals surface area contributed by atoms with Crippen LogP contribution < -0.4 is 15.4 Å². The third-order valence-electron chi connectivity index (χ3n) is 2.51.